The number of pyridine rings is 1. The molecule has 0 unspecified atom stereocenters. The van der Waals surface area contributed by atoms with Gasteiger partial charge in [0.25, 0.3) is 5.91 Å². The molecule has 0 aromatic carbocycles. The van der Waals surface area contributed by atoms with Crippen molar-refractivity contribution in [2.24, 2.45) is 0 Å². The molecule has 1 aromatic rings. The van der Waals surface area contributed by atoms with Crippen LogP contribution in [0, 0.1) is 0 Å². The van der Waals surface area contributed by atoms with Crippen molar-refractivity contribution in [1.82, 2.24) is 10.3 Å². The summed E-state index contributed by atoms with van der Waals surface area (Å²) in [6.45, 7) is -1.56. The summed E-state index contributed by atoms with van der Waals surface area (Å²) in [7, 11) is 1.20. The van der Waals surface area contributed by atoms with Crippen molar-refractivity contribution in [3.63, 3.8) is 0 Å². The summed E-state index contributed by atoms with van der Waals surface area (Å²) in [5.41, 5.74) is -0.147. The van der Waals surface area contributed by atoms with Crippen molar-refractivity contribution < 1.29 is 32.2 Å². The van der Waals surface area contributed by atoms with E-state index < -0.39 is 30.5 Å². The highest BCUT2D eigenvalue weighted by Crippen LogP contribution is 2.19. The van der Waals surface area contributed by atoms with Crippen molar-refractivity contribution >= 4 is 11.9 Å². The monoisotopic (exact) mass is 306 g/mol. The van der Waals surface area contributed by atoms with Gasteiger partial charge in [-0.15, -0.1) is 0 Å². The predicted octanol–water partition coefficient (Wildman–Crippen LogP) is 1.32. The van der Waals surface area contributed by atoms with Crippen LogP contribution in [0.4, 0.5) is 13.2 Å². The molecule has 0 aliphatic rings. The molecule has 0 spiro atoms. The van der Waals surface area contributed by atoms with Crippen molar-refractivity contribution in [3.05, 3.63) is 23.9 Å². The molecule has 0 aliphatic carbocycles. The van der Waals surface area contributed by atoms with Gasteiger partial charge in [-0.05, 0) is 12.1 Å². The predicted molar refractivity (Wildman–Crippen MR) is 64.8 cm³/mol. The van der Waals surface area contributed by atoms with Gasteiger partial charge >= 0.3 is 12.1 Å². The topological polar surface area (TPSA) is 77.5 Å². The minimum atomic E-state index is -4.53. The van der Waals surface area contributed by atoms with Crippen molar-refractivity contribution in [1.29, 1.82) is 0 Å². The van der Waals surface area contributed by atoms with Gasteiger partial charge in [-0.25, -0.2) is 4.98 Å². The van der Waals surface area contributed by atoms with E-state index in [1.165, 1.54) is 25.4 Å². The van der Waals surface area contributed by atoms with Gasteiger partial charge in [-0.3, -0.25) is 9.59 Å². The number of ether oxygens (including phenoxy) is 2. The molecule has 116 valence electrons. The van der Waals surface area contributed by atoms with Crippen molar-refractivity contribution in [2.75, 3.05) is 20.3 Å². The van der Waals surface area contributed by atoms with E-state index in [0.29, 0.717) is 0 Å². The summed E-state index contributed by atoms with van der Waals surface area (Å²) in [4.78, 5) is 26.3. The molecule has 1 rings (SSSR count). The van der Waals surface area contributed by atoms with Crippen LogP contribution in [-0.2, 0) is 9.53 Å². The number of alkyl halides is 3. The summed E-state index contributed by atoms with van der Waals surface area (Å²) < 4.78 is 45.2. The van der Waals surface area contributed by atoms with Gasteiger partial charge in [0.05, 0.1) is 13.5 Å². The lowest BCUT2D eigenvalue weighted by atomic mass is 10.2. The number of aromatic nitrogens is 1. The number of esters is 1. The third-order valence-corrected chi connectivity index (χ3v) is 2.23. The fourth-order valence-electron chi connectivity index (χ4n) is 1.30. The number of hydrogen-bond donors (Lipinski definition) is 1. The maximum atomic E-state index is 12.1. The number of carbonyl (C=O) groups is 2. The number of halogens is 3. The van der Waals surface area contributed by atoms with E-state index >= 15 is 0 Å². The smallest absolute Gasteiger partial charge is 0.422 e. The van der Waals surface area contributed by atoms with Crippen LogP contribution >= 0.6 is 0 Å². The molecule has 0 saturated heterocycles. The van der Waals surface area contributed by atoms with Gasteiger partial charge in [0.1, 0.15) is 5.56 Å². The zero-order chi connectivity index (χ0) is 15.9. The van der Waals surface area contributed by atoms with Crippen LogP contribution in [0.3, 0.4) is 0 Å². The fourth-order valence-corrected chi connectivity index (χ4v) is 1.30. The second-order valence-electron chi connectivity index (χ2n) is 3.84. The quantitative estimate of drug-likeness (QED) is 0.802. The molecule has 0 aliphatic heterocycles. The number of hydrogen-bond acceptors (Lipinski definition) is 5. The zero-order valence-electron chi connectivity index (χ0n) is 11.1. The molecular weight excluding hydrogens is 293 g/mol. The van der Waals surface area contributed by atoms with E-state index in [1.807, 2.05) is 0 Å². The van der Waals surface area contributed by atoms with E-state index in [0.717, 1.165) is 0 Å². The summed E-state index contributed by atoms with van der Waals surface area (Å²) in [5.74, 6) is -1.63. The molecule has 0 radical (unpaired) electrons. The standard InChI is InChI=1S/C12H13F3N2O4/c1-20-9(18)4-6-16-10(19)8-3-2-5-17-11(8)21-7-12(13,14)15/h2-3,5H,4,6-7H2,1H3,(H,16,19). The lowest BCUT2D eigenvalue weighted by Crippen LogP contribution is -2.28. The molecule has 6 nitrogen and oxygen atoms in total. The Morgan fingerprint density at radius 3 is 2.71 bits per heavy atom. The second-order valence-corrected chi connectivity index (χ2v) is 3.84. The maximum absolute atomic E-state index is 12.1. The summed E-state index contributed by atoms with van der Waals surface area (Å²) in [6, 6.07) is 2.65. The molecule has 0 fully saturated rings. The molecule has 0 bridgehead atoms. The Bertz CT molecular complexity index is 506. The molecule has 9 heteroatoms. The number of nitrogens with zero attached hydrogens (tertiary/aromatic N) is 1. The number of carbonyl (C=O) groups excluding carboxylic acids is 2. The first-order chi connectivity index (χ1) is 9.83. The van der Waals surface area contributed by atoms with Crippen LogP contribution in [0.15, 0.2) is 18.3 Å². The minimum absolute atomic E-state index is 0.0148. The van der Waals surface area contributed by atoms with E-state index in [-0.39, 0.29) is 18.5 Å². The average molecular weight is 306 g/mol. The van der Waals surface area contributed by atoms with Gasteiger partial charge in [0.15, 0.2) is 6.61 Å². The van der Waals surface area contributed by atoms with Crippen LogP contribution in [0.5, 0.6) is 5.88 Å². The van der Waals surface area contributed by atoms with E-state index in [4.69, 9.17) is 0 Å². The lowest BCUT2D eigenvalue weighted by molar-refractivity contribution is -0.154. The summed E-state index contributed by atoms with van der Waals surface area (Å²) in [6.07, 6.45) is -3.38. The Morgan fingerprint density at radius 1 is 1.38 bits per heavy atom. The average Bonchev–Trinajstić information content (AvgIpc) is 2.44. The zero-order valence-corrected chi connectivity index (χ0v) is 11.1. The highest BCUT2D eigenvalue weighted by molar-refractivity contribution is 5.96. The van der Waals surface area contributed by atoms with Crippen LogP contribution in [0.2, 0.25) is 0 Å². The van der Waals surface area contributed by atoms with Crippen molar-refractivity contribution in [3.8, 4) is 5.88 Å². The second kappa shape index (κ2) is 7.46. The first-order valence-electron chi connectivity index (χ1n) is 5.83. The summed E-state index contributed by atoms with van der Waals surface area (Å²) in [5, 5.41) is 2.36. The third-order valence-electron chi connectivity index (χ3n) is 2.23. The Balaban J connectivity index is 2.64. The molecule has 1 heterocycles. The highest BCUT2D eigenvalue weighted by atomic mass is 19.4. The lowest BCUT2D eigenvalue weighted by Gasteiger charge is -2.11. The molecular formula is C12H13F3N2O4. The van der Waals surface area contributed by atoms with Crippen molar-refractivity contribution in [2.45, 2.75) is 12.6 Å². The highest BCUT2D eigenvalue weighted by Gasteiger charge is 2.29. The summed E-state index contributed by atoms with van der Waals surface area (Å²) >= 11 is 0. The third kappa shape index (κ3) is 6.11. The van der Waals surface area contributed by atoms with E-state index in [2.05, 4.69) is 19.8 Å². The van der Waals surface area contributed by atoms with E-state index in [9.17, 15) is 22.8 Å². The van der Waals surface area contributed by atoms with Crippen LogP contribution in [-0.4, -0.2) is 43.3 Å². The number of methoxy groups -OCH3 is 1. The van der Waals surface area contributed by atoms with Crippen LogP contribution in [0.1, 0.15) is 16.8 Å². The molecule has 0 atom stereocenters. The normalized spacial score (nSPS) is 10.9. The van der Waals surface area contributed by atoms with Gasteiger partial charge in [-0.2, -0.15) is 13.2 Å². The fraction of sp³-hybridized carbons (Fsp3) is 0.417. The number of amides is 1. The first-order valence-corrected chi connectivity index (χ1v) is 5.83. The molecule has 1 N–H and O–H groups in total. The Kier molecular flexibility index (Phi) is 5.94. The van der Waals surface area contributed by atoms with Crippen LogP contribution < -0.4 is 10.1 Å². The van der Waals surface area contributed by atoms with Gasteiger partial charge in [0, 0.05) is 12.7 Å². The molecule has 21 heavy (non-hydrogen) atoms. The van der Waals surface area contributed by atoms with Gasteiger partial charge < -0.3 is 14.8 Å². The van der Waals surface area contributed by atoms with E-state index in [1.54, 1.807) is 0 Å². The van der Waals surface area contributed by atoms with Crippen LogP contribution in [0.25, 0.3) is 0 Å². The first kappa shape index (κ1) is 16.7. The molecule has 1 aromatic heterocycles. The number of nitrogens with one attached hydrogen (secondary N) is 1. The minimum Gasteiger partial charge on any atom is -0.469 e. The Morgan fingerprint density at radius 2 is 2.10 bits per heavy atom. The molecule has 0 saturated carbocycles. The SMILES string of the molecule is COC(=O)CCNC(=O)c1cccnc1OCC(F)(F)F. The largest absolute Gasteiger partial charge is 0.469 e. The number of rotatable bonds is 6. The molecule has 1 amide bonds. The van der Waals surface area contributed by atoms with Gasteiger partial charge in [-0.1, -0.05) is 0 Å². The maximum Gasteiger partial charge on any atom is 0.422 e. The Labute approximate surface area is 118 Å². The van der Waals surface area contributed by atoms with Gasteiger partial charge in [0.2, 0.25) is 5.88 Å². The Hall–Kier alpha value is -2.32.